The molecule has 0 heterocycles. The van der Waals surface area contributed by atoms with Crippen LogP contribution < -0.4 is 0 Å². The molecule has 0 radical (unpaired) electrons. The number of carbonyl (C=O) groups is 1. The van der Waals surface area contributed by atoms with E-state index in [1.165, 1.54) is 0 Å². The third-order valence-corrected chi connectivity index (χ3v) is 5.90. The van der Waals surface area contributed by atoms with E-state index in [1.807, 2.05) is 0 Å². The lowest BCUT2D eigenvalue weighted by Gasteiger charge is -2.32. The minimum absolute atomic E-state index is 0.273. The number of sulfone groups is 1. The van der Waals surface area contributed by atoms with Gasteiger partial charge in [-0.3, -0.25) is 4.79 Å². The van der Waals surface area contributed by atoms with E-state index in [-0.39, 0.29) is 12.8 Å². The van der Waals surface area contributed by atoms with Crippen LogP contribution in [0.1, 0.15) is 42.5 Å². The molecule has 106 valence electrons. The van der Waals surface area contributed by atoms with Crippen molar-refractivity contribution < 1.29 is 18.0 Å². The average molecular weight is 292 g/mol. The van der Waals surface area contributed by atoms with Crippen LogP contribution in [0.2, 0.25) is 0 Å². The standard InChI is InChI=1S/C14H16N2O3S/c15-16-11-20(18,19)14(9-5-2-6-10-14)13(17)12-7-3-1-4-8-12/h1,3-4,7-8,11H,2,5-6,9-10H2. The van der Waals surface area contributed by atoms with E-state index in [0.717, 1.165) is 6.42 Å². The van der Waals surface area contributed by atoms with E-state index in [9.17, 15) is 13.2 Å². The van der Waals surface area contributed by atoms with Crippen molar-refractivity contribution >= 4 is 21.2 Å². The number of hydrogen-bond donors (Lipinski definition) is 0. The Kier molecular flexibility index (Phi) is 4.16. The lowest BCUT2D eigenvalue weighted by molar-refractivity contribution is 0.00726. The van der Waals surface area contributed by atoms with Crippen LogP contribution in [0.15, 0.2) is 30.3 Å². The Bertz CT molecular complexity index is 640. The highest BCUT2D eigenvalue weighted by Gasteiger charge is 2.52. The molecular formula is C14H16N2O3S. The minimum atomic E-state index is -3.93. The molecule has 1 aromatic carbocycles. The van der Waals surface area contributed by atoms with E-state index in [4.69, 9.17) is 5.53 Å². The quantitative estimate of drug-likeness (QED) is 0.280. The fourth-order valence-corrected chi connectivity index (χ4v) is 4.34. The number of carbonyl (C=O) groups excluding carboxylic acids is 1. The summed E-state index contributed by atoms with van der Waals surface area (Å²) in [5.74, 6) is -0.405. The summed E-state index contributed by atoms with van der Waals surface area (Å²) in [6, 6.07) is 8.41. The van der Waals surface area contributed by atoms with Crippen molar-refractivity contribution in [1.82, 2.24) is 0 Å². The molecule has 5 nitrogen and oxygen atoms in total. The van der Waals surface area contributed by atoms with Gasteiger partial charge in [0, 0.05) is 5.56 Å². The summed E-state index contributed by atoms with van der Waals surface area (Å²) in [7, 11) is -3.93. The Hall–Kier alpha value is -1.78. The summed E-state index contributed by atoms with van der Waals surface area (Å²) in [5.41, 5.74) is 9.46. The van der Waals surface area contributed by atoms with Crippen LogP contribution in [0.3, 0.4) is 0 Å². The third kappa shape index (κ3) is 2.44. The molecule has 0 saturated heterocycles. The van der Waals surface area contributed by atoms with Gasteiger partial charge in [0.1, 0.15) is 4.75 Å². The Labute approximate surface area is 118 Å². The Balaban J connectivity index is 2.53. The van der Waals surface area contributed by atoms with Crippen molar-refractivity contribution in [2.24, 2.45) is 0 Å². The molecule has 0 N–H and O–H groups in total. The fraction of sp³-hybridized carbons (Fsp3) is 0.429. The first-order valence-electron chi connectivity index (χ1n) is 6.55. The zero-order valence-corrected chi connectivity index (χ0v) is 11.8. The smallest absolute Gasteiger partial charge is 0.361 e. The zero-order chi connectivity index (χ0) is 14.6. The molecule has 1 saturated carbocycles. The average Bonchev–Trinajstić information content (AvgIpc) is 2.48. The predicted molar refractivity (Wildman–Crippen MR) is 75.2 cm³/mol. The SMILES string of the molecule is [N-]=[N+]=CS(=O)(=O)C1(C(=O)c2ccccc2)CCCCC1. The first kappa shape index (κ1) is 14.6. The number of benzene rings is 1. The van der Waals surface area contributed by atoms with Gasteiger partial charge in [0.2, 0.25) is 0 Å². The van der Waals surface area contributed by atoms with Crippen LogP contribution in [-0.2, 0) is 9.84 Å². The van der Waals surface area contributed by atoms with E-state index in [0.29, 0.717) is 24.0 Å². The van der Waals surface area contributed by atoms with Crippen LogP contribution in [0, 0.1) is 0 Å². The summed E-state index contributed by atoms with van der Waals surface area (Å²) in [6.07, 6.45) is 2.81. The van der Waals surface area contributed by atoms with Gasteiger partial charge in [-0.2, -0.15) is 4.79 Å². The maximum Gasteiger partial charge on any atom is 0.371 e. The first-order valence-corrected chi connectivity index (χ1v) is 8.10. The van der Waals surface area contributed by atoms with Gasteiger partial charge in [-0.05, 0) is 12.8 Å². The van der Waals surface area contributed by atoms with Gasteiger partial charge in [-0.15, -0.1) is 0 Å². The topological polar surface area (TPSA) is 87.6 Å². The lowest BCUT2D eigenvalue weighted by atomic mass is 9.83. The van der Waals surface area contributed by atoms with Crippen LogP contribution >= 0.6 is 0 Å². The van der Waals surface area contributed by atoms with Crippen molar-refractivity contribution in [3.05, 3.63) is 41.4 Å². The van der Waals surface area contributed by atoms with Gasteiger partial charge in [0.25, 0.3) is 9.84 Å². The highest BCUT2D eigenvalue weighted by Crippen LogP contribution is 2.37. The van der Waals surface area contributed by atoms with Gasteiger partial charge in [-0.1, -0.05) is 49.6 Å². The lowest BCUT2D eigenvalue weighted by Crippen LogP contribution is -2.48. The van der Waals surface area contributed by atoms with Crippen LogP contribution in [0.5, 0.6) is 0 Å². The molecule has 0 aliphatic heterocycles. The summed E-state index contributed by atoms with van der Waals surface area (Å²) in [5, 5.41) is 0. The molecular weight excluding hydrogens is 276 g/mol. The molecule has 0 bridgehead atoms. The normalized spacial score (nSPS) is 18.0. The zero-order valence-electron chi connectivity index (χ0n) is 11.0. The number of Topliss-reactive ketones (excluding diaryl/α,β-unsaturated/α-hetero) is 1. The number of nitrogens with zero attached hydrogens (tertiary/aromatic N) is 2. The number of rotatable bonds is 4. The third-order valence-electron chi connectivity index (χ3n) is 3.84. The molecule has 0 unspecified atom stereocenters. The van der Waals surface area contributed by atoms with E-state index < -0.39 is 20.4 Å². The Morgan fingerprint density at radius 3 is 2.30 bits per heavy atom. The highest BCUT2D eigenvalue weighted by molar-refractivity contribution is 8.06. The van der Waals surface area contributed by atoms with Gasteiger partial charge < -0.3 is 5.53 Å². The Morgan fingerprint density at radius 1 is 1.15 bits per heavy atom. The molecule has 1 aliphatic carbocycles. The molecule has 6 heteroatoms. The second-order valence-corrected chi connectivity index (χ2v) is 7.10. The maximum absolute atomic E-state index is 12.7. The molecule has 0 aromatic heterocycles. The van der Waals surface area contributed by atoms with Crippen LogP contribution in [0.25, 0.3) is 5.53 Å². The molecule has 1 aliphatic rings. The van der Waals surface area contributed by atoms with E-state index in [2.05, 4.69) is 4.79 Å². The highest BCUT2D eigenvalue weighted by atomic mass is 32.2. The van der Waals surface area contributed by atoms with Crippen molar-refractivity contribution in [2.75, 3.05) is 0 Å². The maximum atomic E-state index is 12.7. The molecule has 0 spiro atoms. The summed E-state index contributed by atoms with van der Waals surface area (Å²) in [4.78, 5) is 15.4. The fourth-order valence-electron chi connectivity index (χ4n) is 2.78. The van der Waals surface area contributed by atoms with Crippen molar-refractivity contribution in [3.8, 4) is 0 Å². The molecule has 2 rings (SSSR count). The van der Waals surface area contributed by atoms with Crippen LogP contribution in [0.4, 0.5) is 0 Å². The largest absolute Gasteiger partial charge is 0.371 e. The molecule has 0 atom stereocenters. The predicted octanol–water partition coefficient (Wildman–Crippen LogP) is 2.25. The van der Waals surface area contributed by atoms with Gasteiger partial charge >= 0.3 is 5.55 Å². The van der Waals surface area contributed by atoms with E-state index >= 15 is 0 Å². The van der Waals surface area contributed by atoms with E-state index in [1.54, 1.807) is 30.3 Å². The van der Waals surface area contributed by atoms with Gasteiger partial charge in [-0.25, -0.2) is 8.42 Å². The molecule has 1 aromatic rings. The number of ketones is 1. The second kappa shape index (κ2) is 5.69. The summed E-state index contributed by atoms with van der Waals surface area (Å²) in [6.45, 7) is 0. The Morgan fingerprint density at radius 2 is 1.75 bits per heavy atom. The van der Waals surface area contributed by atoms with Crippen LogP contribution in [-0.4, -0.2) is 29.3 Å². The number of hydrogen-bond acceptors (Lipinski definition) is 3. The summed E-state index contributed by atoms with van der Waals surface area (Å²) < 4.78 is 23.3. The van der Waals surface area contributed by atoms with Gasteiger partial charge in [0.15, 0.2) is 5.78 Å². The molecule has 20 heavy (non-hydrogen) atoms. The van der Waals surface area contributed by atoms with Crippen molar-refractivity contribution in [2.45, 2.75) is 36.9 Å². The molecule has 1 fully saturated rings. The monoisotopic (exact) mass is 292 g/mol. The van der Waals surface area contributed by atoms with Gasteiger partial charge in [0.05, 0.1) is 0 Å². The summed E-state index contributed by atoms with van der Waals surface area (Å²) >= 11 is 0. The first-order chi connectivity index (χ1) is 9.53. The van der Waals surface area contributed by atoms with Crippen molar-refractivity contribution in [3.63, 3.8) is 0 Å². The minimum Gasteiger partial charge on any atom is -0.361 e. The van der Waals surface area contributed by atoms with Crippen molar-refractivity contribution in [1.29, 1.82) is 0 Å². The molecule has 0 amide bonds. The second-order valence-electron chi connectivity index (χ2n) is 5.02.